The average Bonchev–Trinajstić information content (AvgIpc) is 2.97. The first kappa shape index (κ1) is 16.0. The predicted octanol–water partition coefficient (Wildman–Crippen LogP) is 4.30. The van der Waals surface area contributed by atoms with Crippen LogP contribution in [0.15, 0.2) is 18.2 Å². The topological polar surface area (TPSA) is 52.5 Å². The van der Waals surface area contributed by atoms with Crippen LogP contribution >= 0.6 is 11.3 Å². The molecule has 2 aliphatic rings. The molecule has 4 heteroatoms. The van der Waals surface area contributed by atoms with Crippen molar-refractivity contribution in [2.45, 2.75) is 58.0 Å². The van der Waals surface area contributed by atoms with Gasteiger partial charge in [0.2, 0.25) is 0 Å². The SMILES string of the molecule is CC(C)CCc1cc2c(s1)CN[C@@H]1CCc3cc(O)c(O)cc3[C@@H]21. The number of aromatic hydroxyl groups is 2. The Bertz CT molecular complexity index is 765. The van der Waals surface area contributed by atoms with E-state index in [1.54, 1.807) is 12.1 Å². The van der Waals surface area contributed by atoms with Crippen LogP contribution in [0, 0.1) is 5.92 Å². The number of phenolic OH excluding ortho intramolecular Hbond substituents is 2. The fourth-order valence-electron chi connectivity index (χ4n) is 4.12. The molecule has 1 aromatic carbocycles. The maximum absolute atomic E-state index is 10.00. The highest BCUT2D eigenvalue weighted by Gasteiger charge is 2.36. The maximum atomic E-state index is 10.00. The van der Waals surface area contributed by atoms with Crippen LogP contribution in [-0.2, 0) is 19.4 Å². The van der Waals surface area contributed by atoms with E-state index in [0.717, 1.165) is 31.7 Å². The van der Waals surface area contributed by atoms with Crippen molar-refractivity contribution < 1.29 is 10.2 Å². The lowest BCUT2D eigenvalue weighted by atomic mass is 9.74. The molecule has 2 heterocycles. The molecule has 2 atom stereocenters. The van der Waals surface area contributed by atoms with E-state index >= 15 is 0 Å². The van der Waals surface area contributed by atoms with E-state index < -0.39 is 0 Å². The number of phenols is 2. The molecule has 0 unspecified atom stereocenters. The first-order chi connectivity index (χ1) is 11.5. The zero-order valence-electron chi connectivity index (χ0n) is 14.3. The van der Waals surface area contributed by atoms with E-state index in [1.807, 2.05) is 11.3 Å². The molecule has 0 radical (unpaired) electrons. The number of hydrogen-bond acceptors (Lipinski definition) is 4. The molecule has 0 fully saturated rings. The van der Waals surface area contributed by atoms with Crippen molar-refractivity contribution in [3.63, 3.8) is 0 Å². The van der Waals surface area contributed by atoms with Crippen LogP contribution in [0.25, 0.3) is 0 Å². The largest absolute Gasteiger partial charge is 0.504 e. The third kappa shape index (κ3) is 2.72. The van der Waals surface area contributed by atoms with Gasteiger partial charge in [0.1, 0.15) is 0 Å². The highest BCUT2D eigenvalue weighted by Crippen LogP contribution is 2.46. The minimum absolute atomic E-state index is 0.000803. The van der Waals surface area contributed by atoms with Crippen molar-refractivity contribution in [2.24, 2.45) is 5.92 Å². The van der Waals surface area contributed by atoms with Gasteiger partial charge in [0.25, 0.3) is 0 Å². The molecule has 2 aromatic rings. The first-order valence-electron chi connectivity index (χ1n) is 8.92. The first-order valence-corrected chi connectivity index (χ1v) is 9.74. The summed E-state index contributed by atoms with van der Waals surface area (Å²) in [5.74, 6) is 1.02. The van der Waals surface area contributed by atoms with Crippen molar-refractivity contribution in [1.29, 1.82) is 0 Å². The monoisotopic (exact) mass is 343 g/mol. The van der Waals surface area contributed by atoms with Crippen LogP contribution in [0.1, 0.15) is 59.1 Å². The van der Waals surface area contributed by atoms with Crippen molar-refractivity contribution in [1.82, 2.24) is 5.32 Å². The Kier molecular flexibility index (Phi) is 4.05. The number of rotatable bonds is 3. The van der Waals surface area contributed by atoms with Crippen molar-refractivity contribution in [2.75, 3.05) is 0 Å². The normalized spacial score (nSPS) is 22.1. The molecule has 0 spiro atoms. The zero-order valence-corrected chi connectivity index (χ0v) is 15.1. The second kappa shape index (κ2) is 6.08. The molecule has 0 bridgehead atoms. The molecule has 128 valence electrons. The van der Waals surface area contributed by atoms with Crippen molar-refractivity contribution in [3.8, 4) is 11.5 Å². The summed E-state index contributed by atoms with van der Waals surface area (Å²) in [6.45, 7) is 5.51. The number of aryl methyl sites for hydroxylation is 2. The van der Waals surface area contributed by atoms with E-state index in [9.17, 15) is 10.2 Å². The van der Waals surface area contributed by atoms with E-state index in [-0.39, 0.29) is 11.5 Å². The summed E-state index contributed by atoms with van der Waals surface area (Å²) in [6, 6.07) is 6.37. The van der Waals surface area contributed by atoms with E-state index in [0.29, 0.717) is 12.0 Å². The fourth-order valence-corrected chi connectivity index (χ4v) is 5.30. The number of thiophene rings is 1. The molecule has 24 heavy (non-hydrogen) atoms. The van der Waals surface area contributed by atoms with Gasteiger partial charge in [-0.25, -0.2) is 0 Å². The van der Waals surface area contributed by atoms with E-state index in [1.165, 1.54) is 32.9 Å². The summed E-state index contributed by atoms with van der Waals surface area (Å²) in [7, 11) is 0. The van der Waals surface area contributed by atoms with Gasteiger partial charge in [-0.3, -0.25) is 0 Å². The van der Waals surface area contributed by atoms with E-state index in [2.05, 4.69) is 25.2 Å². The summed E-state index contributed by atoms with van der Waals surface area (Å²) in [5.41, 5.74) is 3.80. The minimum atomic E-state index is -0.00298. The lowest BCUT2D eigenvalue weighted by molar-refractivity contribution is 0.382. The molecular weight excluding hydrogens is 318 g/mol. The zero-order chi connectivity index (χ0) is 16.8. The average molecular weight is 343 g/mol. The summed E-state index contributed by atoms with van der Waals surface area (Å²) in [6.07, 6.45) is 4.42. The highest BCUT2D eigenvalue weighted by atomic mass is 32.1. The lowest BCUT2D eigenvalue weighted by Crippen LogP contribution is -2.41. The van der Waals surface area contributed by atoms with E-state index in [4.69, 9.17) is 0 Å². The quantitative estimate of drug-likeness (QED) is 0.729. The van der Waals surface area contributed by atoms with Crippen LogP contribution in [0.3, 0.4) is 0 Å². The Morgan fingerprint density at radius 2 is 1.96 bits per heavy atom. The van der Waals surface area contributed by atoms with Gasteiger partial charge in [0.15, 0.2) is 11.5 Å². The van der Waals surface area contributed by atoms with Crippen LogP contribution < -0.4 is 5.32 Å². The van der Waals surface area contributed by atoms with Crippen LogP contribution in [0.4, 0.5) is 0 Å². The second-order valence-corrected chi connectivity index (χ2v) is 8.79. The number of benzene rings is 1. The van der Waals surface area contributed by atoms with Gasteiger partial charge in [-0.2, -0.15) is 0 Å². The maximum Gasteiger partial charge on any atom is 0.157 e. The number of hydrogen-bond donors (Lipinski definition) is 3. The molecule has 3 nitrogen and oxygen atoms in total. The number of fused-ring (bicyclic) bond motifs is 5. The Morgan fingerprint density at radius 1 is 1.17 bits per heavy atom. The summed E-state index contributed by atoms with van der Waals surface area (Å²) < 4.78 is 0. The molecule has 3 N–H and O–H groups in total. The summed E-state index contributed by atoms with van der Waals surface area (Å²) in [4.78, 5) is 2.92. The summed E-state index contributed by atoms with van der Waals surface area (Å²) in [5, 5.41) is 23.5. The lowest BCUT2D eigenvalue weighted by Gasteiger charge is -2.38. The Balaban J connectivity index is 1.73. The van der Waals surface area contributed by atoms with Crippen molar-refractivity contribution >= 4 is 11.3 Å². The van der Waals surface area contributed by atoms with Gasteiger partial charge in [-0.05, 0) is 66.5 Å². The standard InChI is InChI=1S/C20H25NO2S/c1-11(2)3-5-13-8-15-19(24-13)10-21-16-6-4-12-7-17(22)18(23)9-14(12)20(15)16/h7-9,11,16,20-23H,3-6,10H2,1-2H3/t16-,20+/m1/s1. The van der Waals surface area contributed by atoms with Gasteiger partial charge in [-0.1, -0.05) is 13.8 Å². The van der Waals surface area contributed by atoms with Gasteiger partial charge in [0.05, 0.1) is 0 Å². The molecule has 0 amide bonds. The smallest absolute Gasteiger partial charge is 0.157 e. The third-order valence-corrected chi connectivity index (χ3v) is 6.63. The Labute approximate surface area is 147 Å². The van der Waals surface area contributed by atoms with Crippen LogP contribution in [0.5, 0.6) is 11.5 Å². The second-order valence-electron chi connectivity index (χ2n) is 7.57. The van der Waals surface area contributed by atoms with Gasteiger partial charge in [-0.15, -0.1) is 11.3 Å². The van der Waals surface area contributed by atoms with Crippen LogP contribution in [-0.4, -0.2) is 16.3 Å². The molecule has 1 aliphatic heterocycles. The highest BCUT2D eigenvalue weighted by molar-refractivity contribution is 7.12. The summed E-state index contributed by atoms with van der Waals surface area (Å²) >= 11 is 1.94. The Hall–Kier alpha value is -1.52. The molecule has 1 aromatic heterocycles. The number of nitrogens with one attached hydrogen (secondary N) is 1. The van der Waals surface area contributed by atoms with Crippen LogP contribution in [0.2, 0.25) is 0 Å². The van der Waals surface area contributed by atoms with Crippen molar-refractivity contribution in [3.05, 3.63) is 44.6 Å². The fraction of sp³-hybridized carbons (Fsp3) is 0.500. The van der Waals surface area contributed by atoms with Gasteiger partial charge < -0.3 is 15.5 Å². The third-order valence-electron chi connectivity index (χ3n) is 5.42. The molecule has 0 saturated heterocycles. The minimum Gasteiger partial charge on any atom is -0.504 e. The molecule has 0 saturated carbocycles. The predicted molar refractivity (Wildman–Crippen MR) is 98.0 cm³/mol. The Morgan fingerprint density at radius 3 is 2.75 bits per heavy atom. The molecule has 1 aliphatic carbocycles. The van der Waals surface area contributed by atoms with Gasteiger partial charge >= 0.3 is 0 Å². The molecular formula is C20H25NO2S. The van der Waals surface area contributed by atoms with Gasteiger partial charge in [0, 0.05) is 28.3 Å². The molecule has 4 rings (SSSR count).